The van der Waals surface area contributed by atoms with Crippen molar-refractivity contribution in [2.45, 2.75) is 72.1 Å². The van der Waals surface area contributed by atoms with Gasteiger partial charge in [0.2, 0.25) is 11.8 Å². The van der Waals surface area contributed by atoms with Gasteiger partial charge in [-0.3, -0.25) is 9.59 Å². The lowest BCUT2D eigenvalue weighted by molar-refractivity contribution is -0.122. The summed E-state index contributed by atoms with van der Waals surface area (Å²) in [7, 11) is 0. The summed E-state index contributed by atoms with van der Waals surface area (Å²) in [5.41, 5.74) is 0. The number of carbonyl (C=O) groups excluding carboxylic acids is 2. The van der Waals surface area contributed by atoms with Crippen LogP contribution in [-0.4, -0.2) is 24.9 Å². The van der Waals surface area contributed by atoms with E-state index in [1.807, 2.05) is 0 Å². The fraction of sp³-hybridized carbons (Fsp3) is 0.875. The van der Waals surface area contributed by atoms with E-state index in [2.05, 4.69) is 31.4 Å². The van der Waals surface area contributed by atoms with Crippen molar-refractivity contribution < 1.29 is 9.59 Å². The van der Waals surface area contributed by atoms with E-state index in [0.717, 1.165) is 51.6 Å². The van der Waals surface area contributed by atoms with Crippen LogP contribution >= 0.6 is 0 Å². The van der Waals surface area contributed by atoms with Gasteiger partial charge in [-0.15, -0.1) is 0 Å². The van der Waals surface area contributed by atoms with Crippen LogP contribution in [0.4, 0.5) is 0 Å². The molecule has 0 aliphatic rings. The van der Waals surface area contributed by atoms with Crippen molar-refractivity contribution in [2.24, 2.45) is 5.92 Å². The van der Waals surface area contributed by atoms with Crippen molar-refractivity contribution in [3.8, 4) is 0 Å². The number of unbranched alkanes of at least 4 members (excludes halogenated alkanes) is 4. The van der Waals surface area contributed by atoms with Gasteiger partial charge in [0.1, 0.15) is 0 Å². The molecule has 118 valence electrons. The Morgan fingerprint density at radius 2 is 1.45 bits per heavy atom. The van der Waals surface area contributed by atoms with Crippen LogP contribution in [-0.2, 0) is 9.59 Å². The van der Waals surface area contributed by atoms with E-state index in [-0.39, 0.29) is 11.8 Å². The molecule has 2 amide bonds. The van der Waals surface area contributed by atoms with Crippen molar-refractivity contribution in [3.63, 3.8) is 0 Å². The second-order valence-corrected chi connectivity index (χ2v) is 5.82. The first-order chi connectivity index (χ1) is 9.56. The third-order valence-corrected chi connectivity index (χ3v) is 3.12. The predicted octanol–water partition coefficient (Wildman–Crippen LogP) is 3.02. The van der Waals surface area contributed by atoms with Crippen molar-refractivity contribution in [1.82, 2.24) is 10.6 Å². The first-order valence-electron chi connectivity index (χ1n) is 8.09. The van der Waals surface area contributed by atoms with E-state index in [4.69, 9.17) is 0 Å². The van der Waals surface area contributed by atoms with Gasteiger partial charge in [-0.25, -0.2) is 0 Å². The summed E-state index contributed by atoms with van der Waals surface area (Å²) >= 11 is 0. The van der Waals surface area contributed by atoms with E-state index in [9.17, 15) is 9.59 Å². The lowest BCUT2D eigenvalue weighted by atomic mass is 10.1. The normalized spacial score (nSPS) is 10.6. The first kappa shape index (κ1) is 18.9. The Labute approximate surface area is 124 Å². The highest BCUT2D eigenvalue weighted by molar-refractivity contribution is 5.76. The van der Waals surface area contributed by atoms with Gasteiger partial charge in [0, 0.05) is 25.9 Å². The summed E-state index contributed by atoms with van der Waals surface area (Å²) in [6, 6.07) is 0. The molecule has 4 heteroatoms. The Morgan fingerprint density at radius 1 is 0.850 bits per heavy atom. The van der Waals surface area contributed by atoms with E-state index in [0.29, 0.717) is 18.8 Å². The molecule has 0 spiro atoms. The third kappa shape index (κ3) is 13.4. The highest BCUT2D eigenvalue weighted by Gasteiger charge is 2.02. The number of carbonyl (C=O) groups is 2. The summed E-state index contributed by atoms with van der Waals surface area (Å²) in [4.78, 5) is 22.9. The monoisotopic (exact) mass is 284 g/mol. The highest BCUT2D eigenvalue weighted by Crippen LogP contribution is 2.01. The quantitative estimate of drug-likeness (QED) is 0.541. The standard InChI is InChI=1S/C16H32N2O2/c1-4-5-7-10-15(19)17-12-9-6-8-11-16(20)18-13-14(2)3/h14H,4-13H2,1-3H3,(H,17,19)(H,18,20). The van der Waals surface area contributed by atoms with E-state index in [1.165, 1.54) is 0 Å². The van der Waals surface area contributed by atoms with Crippen LogP contribution in [0, 0.1) is 5.92 Å². The maximum Gasteiger partial charge on any atom is 0.220 e. The molecule has 4 nitrogen and oxygen atoms in total. The summed E-state index contributed by atoms with van der Waals surface area (Å²) in [6.07, 6.45) is 7.34. The molecule has 0 aromatic carbocycles. The number of hydrogen-bond acceptors (Lipinski definition) is 2. The Hall–Kier alpha value is -1.06. The van der Waals surface area contributed by atoms with Crippen molar-refractivity contribution in [1.29, 1.82) is 0 Å². The molecule has 2 N–H and O–H groups in total. The van der Waals surface area contributed by atoms with Gasteiger partial charge in [-0.1, -0.05) is 40.0 Å². The number of rotatable bonds is 12. The van der Waals surface area contributed by atoms with Gasteiger partial charge in [0.15, 0.2) is 0 Å². The molecule has 0 rings (SSSR count). The van der Waals surface area contributed by atoms with E-state index < -0.39 is 0 Å². The highest BCUT2D eigenvalue weighted by atomic mass is 16.2. The fourth-order valence-corrected chi connectivity index (χ4v) is 1.85. The van der Waals surface area contributed by atoms with Crippen LogP contribution in [0.2, 0.25) is 0 Å². The lowest BCUT2D eigenvalue weighted by Gasteiger charge is -2.07. The zero-order valence-electron chi connectivity index (χ0n) is 13.5. The zero-order valence-corrected chi connectivity index (χ0v) is 13.5. The number of nitrogens with one attached hydrogen (secondary N) is 2. The Kier molecular flexibility index (Phi) is 12.3. The van der Waals surface area contributed by atoms with Gasteiger partial charge in [-0.2, -0.15) is 0 Å². The molecule has 20 heavy (non-hydrogen) atoms. The smallest absolute Gasteiger partial charge is 0.220 e. The molecule has 0 aromatic heterocycles. The molecular weight excluding hydrogens is 252 g/mol. The van der Waals surface area contributed by atoms with Gasteiger partial charge in [0.25, 0.3) is 0 Å². The van der Waals surface area contributed by atoms with Crippen LogP contribution in [0.15, 0.2) is 0 Å². The summed E-state index contributed by atoms with van der Waals surface area (Å²) in [5.74, 6) is 0.803. The largest absolute Gasteiger partial charge is 0.356 e. The van der Waals surface area contributed by atoms with Crippen molar-refractivity contribution in [3.05, 3.63) is 0 Å². The summed E-state index contributed by atoms with van der Waals surface area (Å²) in [6.45, 7) is 7.80. The molecule has 0 heterocycles. The molecule has 0 unspecified atom stereocenters. The predicted molar refractivity (Wildman–Crippen MR) is 83.5 cm³/mol. The molecule has 0 aliphatic carbocycles. The molecule has 0 saturated carbocycles. The maximum atomic E-state index is 11.5. The van der Waals surface area contributed by atoms with E-state index in [1.54, 1.807) is 0 Å². The molecule has 0 aromatic rings. The molecule has 0 aliphatic heterocycles. The molecular formula is C16H32N2O2. The van der Waals surface area contributed by atoms with Crippen molar-refractivity contribution >= 4 is 11.8 Å². The van der Waals surface area contributed by atoms with Crippen LogP contribution < -0.4 is 10.6 Å². The zero-order chi connectivity index (χ0) is 15.2. The topological polar surface area (TPSA) is 58.2 Å². The van der Waals surface area contributed by atoms with Crippen LogP contribution in [0.25, 0.3) is 0 Å². The fourth-order valence-electron chi connectivity index (χ4n) is 1.85. The Morgan fingerprint density at radius 3 is 2.05 bits per heavy atom. The van der Waals surface area contributed by atoms with Gasteiger partial charge in [0.05, 0.1) is 0 Å². The molecule has 0 radical (unpaired) electrons. The van der Waals surface area contributed by atoms with E-state index >= 15 is 0 Å². The average Bonchev–Trinajstić information content (AvgIpc) is 2.40. The van der Waals surface area contributed by atoms with Gasteiger partial charge >= 0.3 is 0 Å². The van der Waals surface area contributed by atoms with Gasteiger partial charge in [-0.05, 0) is 25.2 Å². The minimum Gasteiger partial charge on any atom is -0.356 e. The molecule has 0 bridgehead atoms. The van der Waals surface area contributed by atoms with Crippen LogP contribution in [0.3, 0.4) is 0 Å². The minimum absolute atomic E-state index is 0.141. The molecule has 0 saturated heterocycles. The Balaban J connectivity index is 3.31. The third-order valence-electron chi connectivity index (χ3n) is 3.12. The van der Waals surface area contributed by atoms with Gasteiger partial charge < -0.3 is 10.6 Å². The second kappa shape index (κ2) is 12.9. The molecule has 0 atom stereocenters. The second-order valence-electron chi connectivity index (χ2n) is 5.82. The van der Waals surface area contributed by atoms with Crippen molar-refractivity contribution in [2.75, 3.05) is 13.1 Å². The van der Waals surface area contributed by atoms with Crippen LogP contribution in [0.5, 0.6) is 0 Å². The SMILES string of the molecule is CCCCCC(=O)NCCCCCC(=O)NCC(C)C. The summed E-state index contributed by atoms with van der Waals surface area (Å²) < 4.78 is 0. The Bertz CT molecular complexity index is 265. The van der Waals surface area contributed by atoms with Crippen LogP contribution in [0.1, 0.15) is 72.1 Å². The summed E-state index contributed by atoms with van der Waals surface area (Å²) in [5, 5.41) is 5.84. The number of hydrogen-bond donors (Lipinski definition) is 2. The average molecular weight is 284 g/mol. The lowest BCUT2D eigenvalue weighted by Crippen LogP contribution is -2.27. The maximum absolute atomic E-state index is 11.5. The minimum atomic E-state index is 0.141. The number of amides is 2. The first-order valence-corrected chi connectivity index (χ1v) is 8.09. The molecule has 0 fully saturated rings.